The minimum absolute atomic E-state index is 1.15. The van der Waals surface area contributed by atoms with Gasteiger partial charge < -0.3 is 4.80 Å². The van der Waals surface area contributed by atoms with Crippen LogP contribution in [0.1, 0.15) is 0 Å². The molecule has 0 radical (unpaired) electrons. The lowest BCUT2D eigenvalue weighted by atomic mass is 10.7. The first kappa shape index (κ1) is 8.19. The van der Waals surface area contributed by atoms with Crippen LogP contribution in [0.3, 0.4) is 0 Å². The first-order chi connectivity index (χ1) is 5.88. The summed E-state index contributed by atoms with van der Waals surface area (Å²) in [5, 5.41) is 4.03. The summed E-state index contributed by atoms with van der Waals surface area (Å²) >= 11 is 3.30. The van der Waals surface area contributed by atoms with Gasteiger partial charge in [-0.2, -0.15) is 22.7 Å². The second kappa shape index (κ2) is 3.53. The highest BCUT2D eigenvalue weighted by atomic mass is 32.1. The SMILES string of the molecule is O[SiH](c1cccs1)c1cccs1. The third-order valence-electron chi connectivity index (χ3n) is 1.63. The summed E-state index contributed by atoms with van der Waals surface area (Å²) in [6, 6.07) is 8.01. The van der Waals surface area contributed by atoms with Crippen molar-refractivity contribution < 1.29 is 4.80 Å². The fraction of sp³-hybridized carbons (Fsp3) is 0. The van der Waals surface area contributed by atoms with Crippen molar-refractivity contribution in [1.82, 2.24) is 0 Å². The second-order valence-corrected chi connectivity index (χ2v) is 7.28. The van der Waals surface area contributed by atoms with E-state index in [-0.39, 0.29) is 0 Å². The molecule has 2 aromatic rings. The van der Waals surface area contributed by atoms with Crippen molar-refractivity contribution in [3.8, 4) is 0 Å². The molecule has 0 saturated carbocycles. The minimum atomic E-state index is -1.78. The van der Waals surface area contributed by atoms with Crippen LogP contribution < -0.4 is 9.00 Å². The first-order valence-corrected chi connectivity index (χ1v) is 7.06. The van der Waals surface area contributed by atoms with Gasteiger partial charge in [0.25, 0.3) is 9.04 Å². The van der Waals surface area contributed by atoms with Crippen molar-refractivity contribution >= 4 is 40.7 Å². The molecule has 1 N–H and O–H groups in total. The average Bonchev–Trinajstić information content (AvgIpc) is 2.77. The molecule has 0 aliphatic rings. The molecule has 0 spiro atoms. The molecule has 62 valence electrons. The van der Waals surface area contributed by atoms with E-state index in [2.05, 4.69) is 0 Å². The van der Waals surface area contributed by atoms with Crippen LogP contribution in [0.15, 0.2) is 35.0 Å². The molecule has 0 amide bonds. The largest absolute Gasteiger partial charge is 0.425 e. The summed E-state index contributed by atoms with van der Waals surface area (Å²) in [6.07, 6.45) is 0. The summed E-state index contributed by atoms with van der Waals surface area (Å²) in [5.74, 6) is 0. The first-order valence-electron chi connectivity index (χ1n) is 3.63. The maximum Gasteiger partial charge on any atom is 0.256 e. The Labute approximate surface area is 80.7 Å². The van der Waals surface area contributed by atoms with Crippen LogP contribution in [0.25, 0.3) is 0 Å². The van der Waals surface area contributed by atoms with Crippen LogP contribution in [0.2, 0.25) is 0 Å². The van der Waals surface area contributed by atoms with Crippen LogP contribution in [-0.2, 0) is 0 Å². The molecule has 0 aliphatic heterocycles. The molecule has 4 heteroatoms. The van der Waals surface area contributed by atoms with Gasteiger partial charge >= 0.3 is 0 Å². The molecular formula is C8H8OS2Si. The zero-order chi connectivity index (χ0) is 8.39. The third kappa shape index (κ3) is 1.51. The topological polar surface area (TPSA) is 20.2 Å². The Bertz CT molecular complexity index is 294. The van der Waals surface area contributed by atoms with Crippen molar-refractivity contribution in [2.75, 3.05) is 0 Å². The van der Waals surface area contributed by atoms with E-state index in [1.807, 2.05) is 35.0 Å². The molecule has 0 atom stereocenters. The van der Waals surface area contributed by atoms with Gasteiger partial charge in [0, 0.05) is 9.00 Å². The fourth-order valence-electron chi connectivity index (χ4n) is 1.03. The van der Waals surface area contributed by atoms with Gasteiger partial charge in [-0.05, 0) is 22.9 Å². The second-order valence-electron chi connectivity index (χ2n) is 2.43. The van der Waals surface area contributed by atoms with Crippen molar-refractivity contribution in [3.63, 3.8) is 0 Å². The van der Waals surface area contributed by atoms with Crippen LogP contribution in [0.5, 0.6) is 0 Å². The number of rotatable bonds is 2. The van der Waals surface area contributed by atoms with E-state index in [4.69, 9.17) is 0 Å². The van der Waals surface area contributed by atoms with Crippen molar-refractivity contribution in [2.45, 2.75) is 0 Å². The van der Waals surface area contributed by atoms with E-state index >= 15 is 0 Å². The predicted molar refractivity (Wildman–Crippen MR) is 57.3 cm³/mol. The Kier molecular flexibility index (Phi) is 2.41. The summed E-state index contributed by atoms with van der Waals surface area (Å²) in [4.78, 5) is 9.93. The summed E-state index contributed by atoms with van der Waals surface area (Å²) in [7, 11) is -1.78. The van der Waals surface area contributed by atoms with Gasteiger partial charge in [-0.1, -0.05) is 12.1 Å². The number of hydrogen-bond donors (Lipinski definition) is 1. The Balaban J connectivity index is 2.27. The van der Waals surface area contributed by atoms with Gasteiger partial charge in [0.2, 0.25) is 0 Å². The molecule has 1 nitrogen and oxygen atoms in total. The van der Waals surface area contributed by atoms with Gasteiger partial charge in [0.15, 0.2) is 0 Å². The maximum atomic E-state index is 9.93. The lowest BCUT2D eigenvalue weighted by Crippen LogP contribution is -2.38. The van der Waals surface area contributed by atoms with E-state index in [1.54, 1.807) is 22.7 Å². The standard InChI is InChI=1S/C8H8OS2Si/c9-12(7-3-1-5-10-7)8-4-2-6-11-8/h1-6,9,12H. The van der Waals surface area contributed by atoms with Gasteiger partial charge in [-0.15, -0.1) is 0 Å². The van der Waals surface area contributed by atoms with Crippen molar-refractivity contribution in [3.05, 3.63) is 35.0 Å². The van der Waals surface area contributed by atoms with Crippen LogP contribution in [0, 0.1) is 0 Å². The quantitative estimate of drug-likeness (QED) is 0.724. The number of thiophene rings is 2. The Morgan fingerprint density at radius 2 is 1.50 bits per heavy atom. The highest BCUT2D eigenvalue weighted by Crippen LogP contribution is 1.99. The molecule has 0 aromatic carbocycles. The zero-order valence-corrected chi connectivity index (χ0v) is 9.09. The van der Waals surface area contributed by atoms with Crippen LogP contribution in [0.4, 0.5) is 0 Å². The Morgan fingerprint density at radius 3 is 1.83 bits per heavy atom. The van der Waals surface area contributed by atoms with Crippen LogP contribution >= 0.6 is 22.7 Å². The molecule has 0 unspecified atom stereocenters. The van der Waals surface area contributed by atoms with E-state index in [0.717, 1.165) is 9.00 Å². The minimum Gasteiger partial charge on any atom is -0.425 e. The summed E-state index contributed by atoms with van der Waals surface area (Å²) < 4.78 is 2.30. The highest BCUT2D eigenvalue weighted by molar-refractivity contribution is 7.29. The molecule has 2 rings (SSSR count). The molecule has 0 bridgehead atoms. The Morgan fingerprint density at radius 1 is 1.00 bits per heavy atom. The Hall–Kier alpha value is -0.423. The van der Waals surface area contributed by atoms with Crippen LogP contribution in [-0.4, -0.2) is 13.8 Å². The number of hydrogen-bond acceptors (Lipinski definition) is 3. The average molecular weight is 212 g/mol. The molecule has 2 aromatic heterocycles. The monoisotopic (exact) mass is 212 g/mol. The van der Waals surface area contributed by atoms with Gasteiger partial charge in [-0.3, -0.25) is 0 Å². The molecule has 2 heterocycles. The lowest BCUT2D eigenvalue weighted by molar-refractivity contribution is 0.602. The van der Waals surface area contributed by atoms with Crippen molar-refractivity contribution in [2.24, 2.45) is 0 Å². The summed E-state index contributed by atoms with van der Waals surface area (Å²) in [6.45, 7) is 0. The van der Waals surface area contributed by atoms with E-state index in [1.165, 1.54) is 0 Å². The highest BCUT2D eigenvalue weighted by Gasteiger charge is 2.14. The lowest BCUT2D eigenvalue weighted by Gasteiger charge is -2.01. The molecular weight excluding hydrogens is 204 g/mol. The zero-order valence-electron chi connectivity index (χ0n) is 6.31. The third-order valence-corrected chi connectivity index (χ3v) is 6.65. The molecule has 0 aliphatic carbocycles. The van der Waals surface area contributed by atoms with E-state index in [0.29, 0.717) is 0 Å². The van der Waals surface area contributed by atoms with E-state index in [9.17, 15) is 4.80 Å². The van der Waals surface area contributed by atoms with Gasteiger partial charge in [0.1, 0.15) is 0 Å². The predicted octanol–water partition coefficient (Wildman–Crippen LogP) is 0.640. The fourth-order valence-corrected chi connectivity index (χ4v) is 5.33. The molecule has 0 saturated heterocycles. The summed E-state index contributed by atoms with van der Waals surface area (Å²) in [5.41, 5.74) is 0. The van der Waals surface area contributed by atoms with E-state index < -0.39 is 9.04 Å². The smallest absolute Gasteiger partial charge is 0.256 e. The van der Waals surface area contributed by atoms with Gasteiger partial charge in [0.05, 0.1) is 0 Å². The maximum absolute atomic E-state index is 9.93. The molecule has 12 heavy (non-hydrogen) atoms. The van der Waals surface area contributed by atoms with Gasteiger partial charge in [-0.25, -0.2) is 0 Å². The normalized spacial score (nSPS) is 10.8. The molecule has 0 fully saturated rings. The van der Waals surface area contributed by atoms with Crippen molar-refractivity contribution in [1.29, 1.82) is 0 Å².